The number of hydrogen-bond acceptors (Lipinski definition) is 2. The molecule has 2 heteroatoms. The molecule has 1 aliphatic heterocycles. The molecule has 0 bridgehead atoms. The van der Waals surface area contributed by atoms with Gasteiger partial charge in [0.1, 0.15) is 0 Å². The SMILES string of the molecule is CC.CC1=C(/C=C(/c2cc(C3=CC(c4ccccc4)NC=C3)cc(-c3ccnc(-c4ccccc4)c3)c2)C2C=CC=CC2)C=CC2CC12.Cc1ccccc1.Cc1ccccc1. The average Bonchev–Trinajstić information content (AvgIpc) is 4.15. The molecule has 2 heterocycles. The maximum absolute atomic E-state index is 4.75. The van der Waals surface area contributed by atoms with Crippen molar-refractivity contribution in [1.82, 2.24) is 10.3 Å². The molecular weight excluding hydrogens is 749 g/mol. The van der Waals surface area contributed by atoms with Gasteiger partial charge in [-0.25, -0.2) is 0 Å². The van der Waals surface area contributed by atoms with E-state index in [0.717, 1.165) is 29.5 Å². The van der Waals surface area contributed by atoms with E-state index in [1.807, 2.05) is 56.4 Å². The Labute approximate surface area is 371 Å². The van der Waals surface area contributed by atoms with Gasteiger partial charge in [-0.15, -0.1) is 0 Å². The summed E-state index contributed by atoms with van der Waals surface area (Å²) in [6.07, 6.45) is 27.2. The molecule has 1 aromatic heterocycles. The number of hydrogen-bond donors (Lipinski definition) is 1. The van der Waals surface area contributed by atoms with E-state index >= 15 is 0 Å². The maximum Gasteiger partial charge on any atom is 0.0708 e. The first-order valence-corrected chi connectivity index (χ1v) is 22.3. The second-order valence-electron chi connectivity index (χ2n) is 16.2. The van der Waals surface area contributed by atoms with Gasteiger partial charge >= 0.3 is 0 Å². The number of pyridine rings is 1. The largest absolute Gasteiger partial charge is 0.381 e. The number of rotatable bonds is 7. The van der Waals surface area contributed by atoms with E-state index in [4.69, 9.17) is 4.98 Å². The van der Waals surface area contributed by atoms with Gasteiger partial charge in [0, 0.05) is 17.7 Å². The van der Waals surface area contributed by atoms with Gasteiger partial charge in [-0.2, -0.15) is 0 Å². The zero-order valence-corrected chi connectivity index (χ0v) is 37.0. The molecule has 6 aromatic rings. The number of dihydropyridines is 1. The van der Waals surface area contributed by atoms with Crippen LogP contribution in [0.4, 0.5) is 0 Å². The number of benzene rings is 5. The van der Waals surface area contributed by atoms with Crippen LogP contribution in [0.3, 0.4) is 0 Å². The lowest BCUT2D eigenvalue weighted by atomic mass is 9.82. The predicted molar refractivity (Wildman–Crippen MR) is 266 cm³/mol. The standard InChI is InChI=1S/C44H38N2.2C7H8.C2H6/c1-30-34(17-18-37-27-41(30)37)26-42(31-11-5-2-6-12-31)40-24-38(35-19-21-45-43(28-35)32-13-7-3-8-14-32)23-39(25-40)36-20-22-46-44(29-36)33-15-9-4-10-16-33;2*1-7-5-3-2-4-6-7;1-2/h2-11,13-26,28-29,31,37,41,43,45H,12,27H2,1H3;2*2-6H,1H3;1-2H3/b42-26+;;;. The van der Waals surface area contributed by atoms with E-state index in [2.05, 4.69) is 202 Å². The molecule has 62 heavy (non-hydrogen) atoms. The minimum atomic E-state index is 0.118. The van der Waals surface area contributed by atoms with Crippen LogP contribution in [-0.4, -0.2) is 4.98 Å². The van der Waals surface area contributed by atoms with Crippen LogP contribution in [-0.2, 0) is 0 Å². The fraction of sp³-hybridized carbons (Fsp3) is 0.183. The van der Waals surface area contributed by atoms with Crippen LogP contribution in [0.15, 0.2) is 230 Å². The zero-order valence-electron chi connectivity index (χ0n) is 37.0. The molecular formula is C60H60N2. The Balaban J connectivity index is 0.000000305. The molecule has 1 fully saturated rings. The predicted octanol–water partition coefficient (Wildman–Crippen LogP) is 15.7. The number of nitrogens with zero attached hydrogens (tertiary/aromatic N) is 1. The topological polar surface area (TPSA) is 24.9 Å². The quantitative estimate of drug-likeness (QED) is 0.174. The number of aromatic nitrogens is 1. The minimum absolute atomic E-state index is 0.118. The highest BCUT2D eigenvalue weighted by atomic mass is 14.9. The first kappa shape index (κ1) is 43.3. The summed E-state index contributed by atoms with van der Waals surface area (Å²) < 4.78 is 0. The fourth-order valence-electron chi connectivity index (χ4n) is 8.19. The number of nitrogens with one attached hydrogen (secondary N) is 1. The summed E-state index contributed by atoms with van der Waals surface area (Å²) in [6, 6.07) is 53.3. The van der Waals surface area contributed by atoms with Gasteiger partial charge in [-0.1, -0.05) is 194 Å². The van der Waals surface area contributed by atoms with Crippen LogP contribution in [0, 0.1) is 31.6 Å². The highest BCUT2D eigenvalue weighted by Gasteiger charge is 2.39. The molecule has 1 saturated carbocycles. The van der Waals surface area contributed by atoms with Crippen LogP contribution in [0.25, 0.3) is 33.5 Å². The Kier molecular flexibility index (Phi) is 15.1. The van der Waals surface area contributed by atoms with Gasteiger partial charge in [0.15, 0.2) is 0 Å². The van der Waals surface area contributed by atoms with E-state index in [1.165, 1.54) is 67.7 Å². The number of aryl methyl sites for hydroxylation is 2. The van der Waals surface area contributed by atoms with Gasteiger partial charge < -0.3 is 5.32 Å². The Morgan fingerprint density at radius 2 is 1.27 bits per heavy atom. The minimum Gasteiger partial charge on any atom is -0.381 e. The van der Waals surface area contributed by atoms with Gasteiger partial charge in [-0.05, 0) is 139 Å². The molecule has 310 valence electrons. The van der Waals surface area contributed by atoms with Gasteiger partial charge in [0.2, 0.25) is 0 Å². The summed E-state index contributed by atoms with van der Waals surface area (Å²) in [5.41, 5.74) is 16.4. The average molecular weight is 809 g/mol. The summed E-state index contributed by atoms with van der Waals surface area (Å²) in [5.74, 6) is 1.77. The van der Waals surface area contributed by atoms with Crippen molar-refractivity contribution in [2.45, 2.75) is 53.5 Å². The highest BCUT2D eigenvalue weighted by Crippen LogP contribution is 2.50. The summed E-state index contributed by atoms with van der Waals surface area (Å²) in [6.45, 7) is 10.5. The lowest BCUT2D eigenvalue weighted by Crippen LogP contribution is -2.16. The highest BCUT2D eigenvalue weighted by molar-refractivity contribution is 5.85. The van der Waals surface area contributed by atoms with Crippen molar-refractivity contribution in [3.8, 4) is 22.4 Å². The second-order valence-corrected chi connectivity index (χ2v) is 16.2. The van der Waals surface area contributed by atoms with Gasteiger partial charge in [0.25, 0.3) is 0 Å². The van der Waals surface area contributed by atoms with Crippen molar-refractivity contribution in [3.05, 3.63) is 258 Å². The van der Waals surface area contributed by atoms with E-state index in [9.17, 15) is 0 Å². The van der Waals surface area contributed by atoms with Crippen LogP contribution in [0.2, 0.25) is 0 Å². The Morgan fingerprint density at radius 1 is 0.629 bits per heavy atom. The van der Waals surface area contributed by atoms with Crippen molar-refractivity contribution in [1.29, 1.82) is 0 Å². The van der Waals surface area contributed by atoms with E-state index in [1.54, 1.807) is 0 Å². The third-order valence-corrected chi connectivity index (χ3v) is 11.8. The lowest BCUT2D eigenvalue weighted by Gasteiger charge is -2.23. The molecule has 10 rings (SSSR count). The molecule has 0 saturated heterocycles. The van der Waals surface area contributed by atoms with E-state index in [-0.39, 0.29) is 6.04 Å². The Hall–Kier alpha value is -6.77. The molecule has 0 spiro atoms. The van der Waals surface area contributed by atoms with Crippen LogP contribution >= 0.6 is 0 Å². The molecule has 4 aliphatic rings. The second kappa shape index (κ2) is 21.7. The molecule has 3 aliphatic carbocycles. The van der Waals surface area contributed by atoms with Crippen LogP contribution < -0.4 is 5.32 Å². The first-order valence-electron chi connectivity index (χ1n) is 22.3. The van der Waals surface area contributed by atoms with Crippen molar-refractivity contribution in [2.75, 3.05) is 0 Å². The molecule has 4 atom stereocenters. The molecule has 0 amide bonds. The van der Waals surface area contributed by atoms with Crippen molar-refractivity contribution in [2.24, 2.45) is 17.8 Å². The van der Waals surface area contributed by atoms with Gasteiger partial charge in [-0.3, -0.25) is 4.98 Å². The molecule has 4 unspecified atom stereocenters. The third-order valence-electron chi connectivity index (χ3n) is 11.8. The molecule has 1 N–H and O–H groups in total. The first-order chi connectivity index (χ1) is 30.5. The smallest absolute Gasteiger partial charge is 0.0708 e. The zero-order chi connectivity index (χ0) is 43.1. The van der Waals surface area contributed by atoms with Crippen LogP contribution in [0.1, 0.15) is 67.5 Å². The monoisotopic (exact) mass is 808 g/mol. The number of allylic oxidation sites excluding steroid dienone is 12. The normalized spacial score (nSPS) is 19.2. The number of fused-ring (bicyclic) bond motifs is 1. The molecule has 2 nitrogen and oxygen atoms in total. The fourth-order valence-corrected chi connectivity index (χ4v) is 8.19. The summed E-state index contributed by atoms with van der Waals surface area (Å²) in [4.78, 5) is 4.75. The third kappa shape index (κ3) is 11.5. The van der Waals surface area contributed by atoms with Crippen molar-refractivity contribution >= 4 is 11.1 Å². The summed E-state index contributed by atoms with van der Waals surface area (Å²) in [7, 11) is 0. The maximum atomic E-state index is 4.75. The molecule has 0 radical (unpaired) electrons. The Bertz CT molecular complexity index is 2550. The molecule has 5 aromatic carbocycles. The Morgan fingerprint density at radius 3 is 1.90 bits per heavy atom. The van der Waals surface area contributed by atoms with Crippen molar-refractivity contribution in [3.63, 3.8) is 0 Å². The van der Waals surface area contributed by atoms with Gasteiger partial charge in [0.05, 0.1) is 11.7 Å². The van der Waals surface area contributed by atoms with Crippen LogP contribution in [0.5, 0.6) is 0 Å². The van der Waals surface area contributed by atoms with E-state index in [0.29, 0.717) is 5.92 Å². The van der Waals surface area contributed by atoms with E-state index < -0.39 is 0 Å². The lowest BCUT2D eigenvalue weighted by molar-refractivity contribution is 0.749. The summed E-state index contributed by atoms with van der Waals surface area (Å²) >= 11 is 0. The summed E-state index contributed by atoms with van der Waals surface area (Å²) in [5, 5.41) is 3.56. The van der Waals surface area contributed by atoms with Crippen molar-refractivity contribution < 1.29 is 0 Å².